The molecule has 2 N–H and O–H groups in total. The molecule has 0 spiro atoms. The number of aromatic nitrogens is 3. The summed E-state index contributed by atoms with van der Waals surface area (Å²) >= 11 is 0. The molecular weight excluding hydrogens is 400 g/mol. The number of ether oxygens (including phenoxy) is 1. The fraction of sp³-hybridized carbons (Fsp3) is 0.400. The Hall–Kier alpha value is -3.19. The number of hydrogen-bond acceptors (Lipinski definition) is 7. The molecule has 0 aliphatic carbocycles. The van der Waals surface area contributed by atoms with Crippen LogP contribution in [0.25, 0.3) is 0 Å². The number of anilines is 3. The van der Waals surface area contributed by atoms with Crippen LogP contribution in [0.1, 0.15) is 35.1 Å². The Bertz CT molecular complexity index is 1020. The van der Waals surface area contributed by atoms with Crippen LogP contribution < -0.4 is 15.4 Å². The first-order chi connectivity index (χ1) is 15.5. The molecule has 0 bridgehead atoms. The van der Waals surface area contributed by atoms with Gasteiger partial charge in [0.2, 0.25) is 11.9 Å². The summed E-state index contributed by atoms with van der Waals surface area (Å²) in [6.07, 6.45) is 2.08. The Morgan fingerprint density at radius 1 is 0.938 bits per heavy atom. The van der Waals surface area contributed by atoms with Crippen molar-refractivity contribution in [2.75, 3.05) is 30.8 Å². The largest absolute Gasteiger partial charge is 0.467 e. The SMILES string of the molecule is COc1nc(Nc2c(C)cc(C)cc2C)nc(NC2CCN(Cc3ccccc3)CC2)n1. The van der Waals surface area contributed by atoms with Crippen LogP contribution >= 0.6 is 0 Å². The molecule has 7 heteroatoms. The van der Waals surface area contributed by atoms with E-state index < -0.39 is 0 Å². The molecule has 0 radical (unpaired) electrons. The third-order valence-electron chi connectivity index (χ3n) is 5.88. The summed E-state index contributed by atoms with van der Waals surface area (Å²) in [7, 11) is 1.58. The van der Waals surface area contributed by atoms with E-state index in [2.05, 4.69) is 93.7 Å². The monoisotopic (exact) mass is 432 g/mol. The van der Waals surface area contributed by atoms with E-state index >= 15 is 0 Å². The van der Waals surface area contributed by atoms with E-state index in [0.29, 0.717) is 23.9 Å². The second-order valence-corrected chi connectivity index (χ2v) is 8.55. The van der Waals surface area contributed by atoms with Crippen LogP contribution in [0.2, 0.25) is 0 Å². The highest BCUT2D eigenvalue weighted by molar-refractivity contribution is 5.64. The van der Waals surface area contributed by atoms with Gasteiger partial charge in [0, 0.05) is 31.4 Å². The van der Waals surface area contributed by atoms with Gasteiger partial charge in [-0.15, -0.1) is 0 Å². The van der Waals surface area contributed by atoms with Crippen molar-refractivity contribution in [3.63, 3.8) is 0 Å². The van der Waals surface area contributed by atoms with E-state index in [1.165, 1.54) is 11.1 Å². The summed E-state index contributed by atoms with van der Waals surface area (Å²) in [5.74, 6) is 1.03. The van der Waals surface area contributed by atoms with Gasteiger partial charge < -0.3 is 15.4 Å². The van der Waals surface area contributed by atoms with Crippen LogP contribution in [0.15, 0.2) is 42.5 Å². The number of aryl methyl sites for hydroxylation is 3. The van der Waals surface area contributed by atoms with Gasteiger partial charge in [-0.1, -0.05) is 48.0 Å². The van der Waals surface area contributed by atoms with Gasteiger partial charge in [0.25, 0.3) is 0 Å². The first-order valence-corrected chi connectivity index (χ1v) is 11.2. The van der Waals surface area contributed by atoms with Crippen molar-refractivity contribution in [2.24, 2.45) is 0 Å². The molecule has 0 atom stereocenters. The van der Waals surface area contributed by atoms with Gasteiger partial charge in [-0.2, -0.15) is 15.0 Å². The topological polar surface area (TPSA) is 75.2 Å². The average molecular weight is 433 g/mol. The molecule has 1 aromatic heterocycles. The average Bonchev–Trinajstić information content (AvgIpc) is 2.78. The third-order valence-corrected chi connectivity index (χ3v) is 5.88. The Kier molecular flexibility index (Phi) is 6.85. The Morgan fingerprint density at radius 3 is 2.25 bits per heavy atom. The molecule has 1 aliphatic rings. The van der Waals surface area contributed by atoms with Gasteiger partial charge in [-0.3, -0.25) is 4.90 Å². The molecule has 2 aromatic carbocycles. The van der Waals surface area contributed by atoms with Gasteiger partial charge in [0.15, 0.2) is 0 Å². The number of nitrogens with one attached hydrogen (secondary N) is 2. The van der Waals surface area contributed by atoms with Crippen LogP contribution in [-0.2, 0) is 6.54 Å². The van der Waals surface area contributed by atoms with Gasteiger partial charge >= 0.3 is 6.01 Å². The van der Waals surface area contributed by atoms with Crippen molar-refractivity contribution in [3.8, 4) is 6.01 Å². The molecule has 32 heavy (non-hydrogen) atoms. The molecule has 0 amide bonds. The summed E-state index contributed by atoms with van der Waals surface area (Å²) in [6, 6.07) is 15.6. The maximum atomic E-state index is 5.33. The minimum Gasteiger partial charge on any atom is -0.467 e. The quantitative estimate of drug-likeness (QED) is 0.564. The molecule has 1 aliphatic heterocycles. The van der Waals surface area contributed by atoms with Crippen molar-refractivity contribution in [1.82, 2.24) is 19.9 Å². The second kappa shape index (κ2) is 9.96. The predicted molar refractivity (Wildman–Crippen MR) is 129 cm³/mol. The molecule has 0 unspecified atom stereocenters. The van der Waals surface area contributed by atoms with E-state index in [9.17, 15) is 0 Å². The first-order valence-electron chi connectivity index (χ1n) is 11.2. The lowest BCUT2D eigenvalue weighted by Gasteiger charge is -2.32. The zero-order valence-electron chi connectivity index (χ0n) is 19.4. The third kappa shape index (κ3) is 5.53. The lowest BCUT2D eigenvalue weighted by molar-refractivity contribution is 0.211. The van der Waals surface area contributed by atoms with E-state index in [0.717, 1.165) is 49.3 Å². The molecule has 3 aromatic rings. The zero-order valence-corrected chi connectivity index (χ0v) is 19.4. The molecular formula is C25H32N6O. The van der Waals surface area contributed by atoms with Gasteiger partial charge in [0.05, 0.1) is 7.11 Å². The Balaban J connectivity index is 1.41. The number of rotatable bonds is 7. The first kappa shape index (κ1) is 22.0. The lowest BCUT2D eigenvalue weighted by Crippen LogP contribution is -2.39. The van der Waals surface area contributed by atoms with E-state index in [-0.39, 0.29) is 0 Å². The van der Waals surface area contributed by atoms with Crippen molar-refractivity contribution in [3.05, 3.63) is 64.7 Å². The molecule has 168 valence electrons. The minimum absolute atomic E-state index is 0.300. The Labute approximate surface area is 190 Å². The number of methoxy groups -OCH3 is 1. The molecule has 1 fully saturated rings. The number of nitrogens with zero attached hydrogens (tertiary/aromatic N) is 4. The van der Waals surface area contributed by atoms with Crippen molar-refractivity contribution >= 4 is 17.6 Å². The van der Waals surface area contributed by atoms with Gasteiger partial charge in [-0.05, 0) is 50.3 Å². The van der Waals surface area contributed by atoms with Crippen LogP contribution in [0.3, 0.4) is 0 Å². The summed E-state index contributed by atoms with van der Waals surface area (Å²) in [4.78, 5) is 15.9. The molecule has 1 saturated heterocycles. The van der Waals surface area contributed by atoms with E-state index in [1.54, 1.807) is 7.11 Å². The summed E-state index contributed by atoms with van der Waals surface area (Å²) in [5.41, 5.74) is 5.92. The van der Waals surface area contributed by atoms with Crippen molar-refractivity contribution in [2.45, 2.75) is 46.2 Å². The predicted octanol–water partition coefficient (Wildman–Crippen LogP) is 4.63. The standard InChI is InChI=1S/C25H32N6O/c1-17-14-18(2)22(19(3)15-17)27-24-28-23(29-25(30-24)32-4)26-21-10-12-31(13-11-21)16-20-8-6-5-7-9-20/h5-9,14-15,21H,10-13,16H2,1-4H3,(H2,26,27,28,29,30). The summed E-state index contributed by atoms with van der Waals surface area (Å²) in [5, 5.41) is 6.86. The fourth-order valence-corrected chi connectivity index (χ4v) is 4.32. The summed E-state index contributed by atoms with van der Waals surface area (Å²) < 4.78 is 5.33. The highest BCUT2D eigenvalue weighted by Gasteiger charge is 2.21. The molecule has 2 heterocycles. The highest BCUT2D eigenvalue weighted by Crippen LogP contribution is 2.26. The zero-order chi connectivity index (χ0) is 22.5. The maximum Gasteiger partial charge on any atom is 0.322 e. The number of likely N-dealkylation sites (tertiary alicyclic amines) is 1. The number of piperidine rings is 1. The fourth-order valence-electron chi connectivity index (χ4n) is 4.32. The number of hydrogen-bond donors (Lipinski definition) is 2. The van der Waals surface area contributed by atoms with Crippen molar-refractivity contribution in [1.29, 1.82) is 0 Å². The van der Waals surface area contributed by atoms with Crippen LogP contribution in [0, 0.1) is 20.8 Å². The Morgan fingerprint density at radius 2 is 1.59 bits per heavy atom. The lowest BCUT2D eigenvalue weighted by atomic mass is 10.0. The normalized spacial score (nSPS) is 14.9. The van der Waals surface area contributed by atoms with Gasteiger partial charge in [0.1, 0.15) is 0 Å². The summed E-state index contributed by atoms with van der Waals surface area (Å²) in [6.45, 7) is 9.36. The highest BCUT2D eigenvalue weighted by atomic mass is 16.5. The van der Waals surface area contributed by atoms with Crippen LogP contribution in [-0.4, -0.2) is 46.1 Å². The van der Waals surface area contributed by atoms with Gasteiger partial charge in [-0.25, -0.2) is 0 Å². The number of benzene rings is 2. The van der Waals surface area contributed by atoms with Crippen LogP contribution in [0.4, 0.5) is 17.6 Å². The van der Waals surface area contributed by atoms with E-state index in [1.807, 2.05) is 0 Å². The second-order valence-electron chi connectivity index (χ2n) is 8.55. The maximum absolute atomic E-state index is 5.33. The molecule has 4 rings (SSSR count). The van der Waals surface area contributed by atoms with Crippen molar-refractivity contribution < 1.29 is 4.74 Å². The smallest absolute Gasteiger partial charge is 0.322 e. The van der Waals surface area contributed by atoms with E-state index in [4.69, 9.17) is 4.74 Å². The molecule has 0 saturated carbocycles. The molecule has 7 nitrogen and oxygen atoms in total. The van der Waals surface area contributed by atoms with Crippen LogP contribution in [0.5, 0.6) is 6.01 Å². The minimum atomic E-state index is 0.300.